The van der Waals surface area contributed by atoms with Crippen molar-refractivity contribution in [3.05, 3.63) is 36.7 Å². The van der Waals surface area contributed by atoms with Gasteiger partial charge in [0.05, 0.1) is 0 Å². The van der Waals surface area contributed by atoms with Gasteiger partial charge in [-0.15, -0.1) is 11.8 Å². The standard InChI is InChI=1S/C18H23N3O3S/c1-14(5-9-21-8-2-7-19-21)20-18(22)6-12-25-15-3-4-16-17(13-15)24-11-10-23-16/h2-4,7-8,13-14H,5-6,9-12H2,1H3,(H,20,22)/t14-/m1/s1. The van der Waals surface area contributed by atoms with E-state index < -0.39 is 0 Å². The van der Waals surface area contributed by atoms with Crippen LogP contribution in [0.2, 0.25) is 0 Å². The highest BCUT2D eigenvalue weighted by Gasteiger charge is 2.12. The molecule has 2 heterocycles. The van der Waals surface area contributed by atoms with Crippen molar-refractivity contribution in [2.24, 2.45) is 0 Å². The maximum Gasteiger partial charge on any atom is 0.221 e. The molecule has 1 N–H and O–H groups in total. The molecule has 1 aromatic heterocycles. The van der Waals surface area contributed by atoms with E-state index in [1.165, 1.54) is 0 Å². The molecular weight excluding hydrogens is 338 g/mol. The maximum atomic E-state index is 12.0. The third-order valence-electron chi connectivity index (χ3n) is 3.87. The van der Waals surface area contributed by atoms with Crippen LogP contribution in [0.15, 0.2) is 41.6 Å². The van der Waals surface area contributed by atoms with Crippen molar-refractivity contribution in [1.29, 1.82) is 0 Å². The van der Waals surface area contributed by atoms with Gasteiger partial charge in [0.15, 0.2) is 11.5 Å². The van der Waals surface area contributed by atoms with Crippen molar-refractivity contribution in [1.82, 2.24) is 15.1 Å². The molecule has 7 heteroatoms. The van der Waals surface area contributed by atoms with Crippen LogP contribution in [0.3, 0.4) is 0 Å². The van der Waals surface area contributed by atoms with E-state index in [0.29, 0.717) is 19.6 Å². The van der Waals surface area contributed by atoms with E-state index in [1.807, 2.05) is 42.1 Å². The van der Waals surface area contributed by atoms with Crippen LogP contribution in [0.25, 0.3) is 0 Å². The normalized spacial score (nSPS) is 14.1. The van der Waals surface area contributed by atoms with E-state index in [4.69, 9.17) is 9.47 Å². The highest BCUT2D eigenvalue weighted by Crippen LogP contribution is 2.34. The smallest absolute Gasteiger partial charge is 0.221 e. The summed E-state index contributed by atoms with van der Waals surface area (Å²) in [7, 11) is 0. The fourth-order valence-corrected chi connectivity index (χ4v) is 3.43. The Hall–Kier alpha value is -2.15. The first-order chi connectivity index (χ1) is 12.2. The Morgan fingerprint density at radius 2 is 2.20 bits per heavy atom. The maximum absolute atomic E-state index is 12.0. The molecule has 0 aliphatic carbocycles. The second kappa shape index (κ2) is 8.80. The SMILES string of the molecule is C[C@H](CCn1cccn1)NC(=O)CCSc1ccc2c(c1)OCCO2. The van der Waals surface area contributed by atoms with Gasteiger partial charge in [-0.1, -0.05) is 0 Å². The lowest BCUT2D eigenvalue weighted by Crippen LogP contribution is -2.33. The van der Waals surface area contributed by atoms with E-state index in [0.717, 1.165) is 35.1 Å². The van der Waals surface area contributed by atoms with Crippen molar-refractivity contribution in [3.63, 3.8) is 0 Å². The molecule has 0 spiro atoms. The molecule has 134 valence electrons. The van der Waals surface area contributed by atoms with E-state index in [2.05, 4.69) is 10.4 Å². The lowest BCUT2D eigenvalue weighted by Gasteiger charge is -2.18. The molecule has 0 fully saturated rings. The minimum Gasteiger partial charge on any atom is -0.486 e. The summed E-state index contributed by atoms with van der Waals surface area (Å²) in [5.41, 5.74) is 0. The van der Waals surface area contributed by atoms with Crippen LogP contribution in [0.5, 0.6) is 11.5 Å². The lowest BCUT2D eigenvalue weighted by atomic mass is 10.2. The molecule has 1 amide bonds. The van der Waals surface area contributed by atoms with Crippen molar-refractivity contribution in [3.8, 4) is 11.5 Å². The third kappa shape index (κ3) is 5.42. The number of carbonyl (C=O) groups excluding carboxylic acids is 1. The van der Waals surface area contributed by atoms with Crippen LogP contribution in [-0.4, -0.2) is 40.7 Å². The summed E-state index contributed by atoms with van der Waals surface area (Å²) in [6.45, 7) is 4.01. The number of aryl methyl sites for hydroxylation is 1. The monoisotopic (exact) mass is 361 g/mol. The van der Waals surface area contributed by atoms with Crippen LogP contribution < -0.4 is 14.8 Å². The average molecular weight is 361 g/mol. The molecule has 0 saturated carbocycles. The van der Waals surface area contributed by atoms with Gasteiger partial charge in [0.25, 0.3) is 0 Å². The zero-order valence-corrected chi connectivity index (χ0v) is 15.1. The molecule has 25 heavy (non-hydrogen) atoms. The molecule has 6 nitrogen and oxygen atoms in total. The first kappa shape index (κ1) is 17.7. The summed E-state index contributed by atoms with van der Waals surface area (Å²) < 4.78 is 13.0. The van der Waals surface area contributed by atoms with Gasteiger partial charge in [-0.3, -0.25) is 9.48 Å². The van der Waals surface area contributed by atoms with E-state index in [1.54, 1.807) is 18.0 Å². The Balaban J connectivity index is 1.36. The van der Waals surface area contributed by atoms with Crippen molar-refractivity contribution < 1.29 is 14.3 Å². The number of benzene rings is 1. The quantitative estimate of drug-likeness (QED) is 0.733. The molecule has 1 aromatic carbocycles. The molecule has 1 atom stereocenters. The van der Waals surface area contributed by atoms with Crippen LogP contribution in [0, 0.1) is 0 Å². The largest absolute Gasteiger partial charge is 0.486 e. The van der Waals surface area contributed by atoms with Crippen molar-refractivity contribution >= 4 is 17.7 Å². The van der Waals surface area contributed by atoms with Crippen LogP contribution in [0.4, 0.5) is 0 Å². The van der Waals surface area contributed by atoms with Gasteiger partial charge in [-0.2, -0.15) is 5.10 Å². The van der Waals surface area contributed by atoms with Crippen LogP contribution in [0.1, 0.15) is 19.8 Å². The number of rotatable bonds is 8. The Labute approximate surface area is 151 Å². The Morgan fingerprint density at radius 1 is 1.36 bits per heavy atom. The van der Waals surface area contributed by atoms with E-state index in [9.17, 15) is 4.79 Å². The van der Waals surface area contributed by atoms with E-state index >= 15 is 0 Å². The summed E-state index contributed by atoms with van der Waals surface area (Å²) in [6, 6.07) is 7.94. The number of nitrogens with one attached hydrogen (secondary N) is 1. The fraction of sp³-hybridized carbons (Fsp3) is 0.444. The predicted molar refractivity (Wildman–Crippen MR) is 97.2 cm³/mol. The van der Waals surface area contributed by atoms with Gasteiger partial charge >= 0.3 is 0 Å². The summed E-state index contributed by atoms with van der Waals surface area (Å²) in [5.74, 6) is 2.39. The second-order valence-corrected chi connectivity index (χ2v) is 7.10. The van der Waals surface area contributed by atoms with Gasteiger partial charge in [0.2, 0.25) is 5.91 Å². The zero-order chi connectivity index (χ0) is 17.5. The summed E-state index contributed by atoms with van der Waals surface area (Å²) in [4.78, 5) is 13.1. The average Bonchev–Trinajstić information content (AvgIpc) is 3.13. The molecule has 0 unspecified atom stereocenters. The summed E-state index contributed by atoms with van der Waals surface area (Å²) in [6.07, 6.45) is 5.05. The minimum absolute atomic E-state index is 0.0815. The van der Waals surface area contributed by atoms with Gasteiger partial charge in [-0.25, -0.2) is 0 Å². The number of ether oxygens (including phenoxy) is 2. The molecule has 0 bridgehead atoms. The lowest BCUT2D eigenvalue weighted by molar-refractivity contribution is -0.121. The topological polar surface area (TPSA) is 65.4 Å². The first-order valence-corrected chi connectivity index (χ1v) is 9.48. The van der Waals surface area contributed by atoms with Crippen LogP contribution in [-0.2, 0) is 11.3 Å². The molecule has 1 aliphatic heterocycles. The first-order valence-electron chi connectivity index (χ1n) is 8.50. The number of carbonyl (C=O) groups is 1. The van der Waals surface area contributed by atoms with Crippen LogP contribution >= 0.6 is 11.8 Å². The number of hydrogen-bond donors (Lipinski definition) is 1. The number of amides is 1. The zero-order valence-electron chi connectivity index (χ0n) is 14.3. The minimum atomic E-state index is 0.0815. The number of aromatic nitrogens is 2. The highest BCUT2D eigenvalue weighted by molar-refractivity contribution is 7.99. The number of thioether (sulfide) groups is 1. The van der Waals surface area contributed by atoms with Gasteiger partial charge in [0.1, 0.15) is 13.2 Å². The predicted octanol–water partition coefficient (Wildman–Crippen LogP) is 2.73. The molecule has 2 aromatic rings. The van der Waals surface area contributed by atoms with Gasteiger partial charge in [-0.05, 0) is 37.6 Å². The molecule has 1 aliphatic rings. The fourth-order valence-electron chi connectivity index (χ4n) is 2.55. The van der Waals surface area contributed by atoms with Crippen molar-refractivity contribution in [2.75, 3.05) is 19.0 Å². The molecule has 0 radical (unpaired) electrons. The number of fused-ring (bicyclic) bond motifs is 1. The summed E-state index contributed by atoms with van der Waals surface area (Å²) >= 11 is 1.65. The molecule has 3 rings (SSSR count). The second-order valence-electron chi connectivity index (χ2n) is 5.93. The molecule has 0 saturated heterocycles. The molecular formula is C18H23N3O3S. The number of hydrogen-bond acceptors (Lipinski definition) is 5. The van der Waals surface area contributed by atoms with Crippen molar-refractivity contribution in [2.45, 2.75) is 37.2 Å². The Bertz CT molecular complexity index is 691. The van der Waals surface area contributed by atoms with E-state index in [-0.39, 0.29) is 11.9 Å². The number of nitrogens with zero attached hydrogens (tertiary/aromatic N) is 2. The summed E-state index contributed by atoms with van der Waals surface area (Å²) in [5, 5.41) is 7.20. The Morgan fingerprint density at radius 3 is 3.00 bits per heavy atom. The van der Waals surface area contributed by atoms with Gasteiger partial charge < -0.3 is 14.8 Å². The highest BCUT2D eigenvalue weighted by atomic mass is 32.2. The Kier molecular flexibility index (Phi) is 6.22. The third-order valence-corrected chi connectivity index (χ3v) is 4.86. The van der Waals surface area contributed by atoms with Gasteiger partial charge in [0, 0.05) is 42.0 Å².